The van der Waals surface area contributed by atoms with Gasteiger partial charge >= 0.3 is 14.2 Å². The lowest BCUT2D eigenvalue weighted by Crippen LogP contribution is -2.41. The van der Waals surface area contributed by atoms with E-state index in [0.29, 0.717) is 0 Å². The molecule has 2 heterocycles. The predicted molar refractivity (Wildman–Crippen MR) is 95.2 cm³/mol. The van der Waals surface area contributed by atoms with Crippen LogP contribution in [-0.2, 0) is 18.6 Å². The van der Waals surface area contributed by atoms with E-state index in [0.717, 1.165) is 18.3 Å². The summed E-state index contributed by atoms with van der Waals surface area (Å²) in [4.78, 5) is 0. The fourth-order valence-electron chi connectivity index (χ4n) is 2.69. The summed E-state index contributed by atoms with van der Waals surface area (Å²) in [5, 5.41) is 0. The van der Waals surface area contributed by atoms with Crippen molar-refractivity contribution in [1.82, 2.24) is 0 Å². The van der Waals surface area contributed by atoms with Crippen LogP contribution in [0.1, 0.15) is 75.2 Å². The fourth-order valence-corrected chi connectivity index (χ4v) is 2.69. The van der Waals surface area contributed by atoms with Crippen LogP contribution in [-0.4, -0.2) is 36.6 Å². The highest BCUT2D eigenvalue weighted by Crippen LogP contribution is 2.41. The molecular formula is C17H32B2O4. The first-order valence-corrected chi connectivity index (χ1v) is 8.73. The molecule has 0 amide bonds. The van der Waals surface area contributed by atoms with Crippen molar-refractivity contribution in [3.63, 3.8) is 0 Å². The van der Waals surface area contributed by atoms with Crippen LogP contribution in [0.5, 0.6) is 0 Å². The summed E-state index contributed by atoms with van der Waals surface area (Å²) in [5.41, 5.74) is -0.228. The number of rotatable bonds is 4. The van der Waals surface area contributed by atoms with Gasteiger partial charge in [0.25, 0.3) is 0 Å². The lowest BCUT2D eigenvalue weighted by molar-refractivity contribution is 0.00578. The van der Waals surface area contributed by atoms with Gasteiger partial charge in [-0.1, -0.05) is 19.3 Å². The minimum Gasteiger partial charge on any atom is -0.400 e. The molecule has 4 nitrogen and oxygen atoms in total. The van der Waals surface area contributed by atoms with E-state index in [1.54, 1.807) is 0 Å². The quantitative estimate of drug-likeness (QED) is 0.734. The van der Waals surface area contributed by atoms with Crippen LogP contribution in [0.2, 0.25) is 0 Å². The number of allylic oxidation sites excluding steroid dienone is 1. The van der Waals surface area contributed by atoms with Crippen LogP contribution in [0.15, 0.2) is 11.4 Å². The molecule has 2 fully saturated rings. The van der Waals surface area contributed by atoms with Gasteiger partial charge in [-0.2, -0.15) is 0 Å². The van der Waals surface area contributed by atoms with E-state index < -0.39 is 0 Å². The maximum absolute atomic E-state index is 6.19. The average molecular weight is 322 g/mol. The molecule has 0 unspecified atom stereocenters. The van der Waals surface area contributed by atoms with E-state index in [-0.39, 0.29) is 36.6 Å². The second-order valence-corrected chi connectivity index (χ2v) is 8.70. The van der Waals surface area contributed by atoms with Gasteiger partial charge in [-0.15, -0.1) is 0 Å². The zero-order valence-corrected chi connectivity index (χ0v) is 16.3. The molecule has 2 aliphatic heterocycles. The fraction of sp³-hybridized carbons (Fsp3) is 0.882. The highest BCUT2D eigenvalue weighted by Gasteiger charge is 2.54. The van der Waals surface area contributed by atoms with E-state index in [1.165, 1.54) is 0 Å². The van der Waals surface area contributed by atoms with E-state index in [1.807, 2.05) is 5.98 Å². The Balaban J connectivity index is 2.21. The molecule has 0 aliphatic carbocycles. The lowest BCUT2D eigenvalue weighted by Gasteiger charge is -2.32. The molecule has 2 rings (SSSR count). The molecule has 130 valence electrons. The first-order valence-electron chi connectivity index (χ1n) is 8.73. The Bertz CT molecular complexity index is 451. The molecule has 2 saturated heterocycles. The molecule has 0 aromatic rings. The molecule has 0 atom stereocenters. The third-order valence-corrected chi connectivity index (χ3v) is 5.72. The summed E-state index contributed by atoms with van der Waals surface area (Å²) in [5.74, 6) is 2.04. The average Bonchev–Trinajstić information content (AvgIpc) is 2.68. The Morgan fingerprint density at radius 2 is 1.13 bits per heavy atom. The third kappa shape index (κ3) is 3.55. The van der Waals surface area contributed by atoms with Crippen molar-refractivity contribution in [2.75, 3.05) is 0 Å². The van der Waals surface area contributed by atoms with Gasteiger partial charge in [0.05, 0.1) is 22.4 Å². The summed E-state index contributed by atoms with van der Waals surface area (Å²) in [6.07, 6.45) is 1.93. The Labute approximate surface area is 142 Å². The molecule has 0 bridgehead atoms. The van der Waals surface area contributed by atoms with E-state index in [9.17, 15) is 0 Å². The summed E-state index contributed by atoms with van der Waals surface area (Å²) in [6, 6.07) is 0. The highest BCUT2D eigenvalue weighted by molar-refractivity contribution is 6.60. The summed E-state index contributed by atoms with van der Waals surface area (Å²) in [6.45, 7) is 18.7. The summed E-state index contributed by atoms with van der Waals surface area (Å²) >= 11 is 0. The second-order valence-electron chi connectivity index (χ2n) is 8.70. The molecule has 6 heteroatoms. The van der Waals surface area contributed by atoms with Gasteiger partial charge in [0.1, 0.15) is 0 Å². The smallest absolute Gasteiger partial charge is 0.400 e. The molecule has 0 radical (unpaired) electrons. The SMILES string of the molecule is CCC/C(=C/B1OC(C)(C)C(C)(C)O1)B1OC(C)(C)C(C)(C)O1. The molecule has 0 spiro atoms. The van der Waals surface area contributed by atoms with Crippen molar-refractivity contribution in [3.8, 4) is 0 Å². The number of hydrogen-bond acceptors (Lipinski definition) is 4. The van der Waals surface area contributed by atoms with Crippen LogP contribution < -0.4 is 0 Å². The van der Waals surface area contributed by atoms with E-state index in [2.05, 4.69) is 62.3 Å². The Morgan fingerprint density at radius 3 is 1.52 bits per heavy atom. The molecule has 23 heavy (non-hydrogen) atoms. The zero-order chi connectivity index (χ0) is 17.7. The third-order valence-electron chi connectivity index (χ3n) is 5.72. The summed E-state index contributed by atoms with van der Waals surface area (Å²) < 4.78 is 24.6. The normalized spacial score (nSPS) is 28.5. The maximum atomic E-state index is 6.19. The van der Waals surface area contributed by atoms with Crippen molar-refractivity contribution in [2.24, 2.45) is 0 Å². The highest BCUT2D eigenvalue weighted by atomic mass is 16.7. The minimum absolute atomic E-state index is 0.332. The van der Waals surface area contributed by atoms with Gasteiger partial charge in [0, 0.05) is 0 Å². The second kappa shape index (κ2) is 5.90. The van der Waals surface area contributed by atoms with Crippen molar-refractivity contribution < 1.29 is 18.6 Å². The zero-order valence-electron chi connectivity index (χ0n) is 16.3. The van der Waals surface area contributed by atoms with Crippen LogP contribution in [0.25, 0.3) is 0 Å². The van der Waals surface area contributed by atoms with Crippen LogP contribution >= 0.6 is 0 Å². The van der Waals surface area contributed by atoms with Gasteiger partial charge in [-0.05, 0) is 67.3 Å². The van der Waals surface area contributed by atoms with Crippen molar-refractivity contribution >= 4 is 14.2 Å². The van der Waals surface area contributed by atoms with Gasteiger partial charge in [0.15, 0.2) is 0 Å². The molecule has 2 aliphatic rings. The van der Waals surface area contributed by atoms with Gasteiger partial charge < -0.3 is 18.6 Å². The first-order chi connectivity index (χ1) is 10.3. The molecule has 0 N–H and O–H groups in total. The van der Waals surface area contributed by atoms with Gasteiger partial charge in [-0.25, -0.2) is 0 Å². The Hall–Kier alpha value is -0.290. The van der Waals surface area contributed by atoms with Crippen molar-refractivity contribution in [2.45, 2.75) is 97.6 Å². The largest absolute Gasteiger partial charge is 0.489 e. The first kappa shape index (κ1) is 19.0. The van der Waals surface area contributed by atoms with E-state index in [4.69, 9.17) is 18.6 Å². The van der Waals surface area contributed by atoms with Crippen LogP contribution in [0.4, 0.5) is 0 Å². The Morgan fingerprint density at radius 1 is 0.739 bits per heavy atom. The molecule has 0 saturated carbocycles. The van der Waals surface area contributed by atoms with Gasteiger partial charge in [0.2, 0.25) is 0 Å². The van der Waals surface area contributed by atoms with Crippen LogP contribution in [0.3, 0.4) is 0 Å². The molecule has 0 aromatic heterocycles. The van der Waals surface area contributed by atoms with Crippen LogP contribution in [0, 0.1) is 0 Å². The Kier molecular flexibility index (Phi) is 4.89. The molecular weight excluding hydrogens is 290 g/mol. The minimum atomic E-state index is -0.361. The summed E-state index contributed by atoms with van der Waals surface area (Å²) in [7, 11) is -0.695. The van der Waals surface area contributed by atoms with Crippen molar-refractivity contribution in [1.29, 1.82) is 0 Å². The monoisotopic (exact) mass is 322 g/mol. The topological polar surface area (TPSA) is 36.9 Å². The maximum Gasteiger partial charge on any atom is 0.489 e. The van der Waals surface area contributed by atoms with Gasteiger partial charge in [-0.3, -0.25) is 0 Å². The van der Waals surface area contributed by atoms with E-state index >= 15 is 0 Å². The number of hydrogen-bond donors (Lipinski definition) is 0. The van der Waals surface area contributed by atoms with Crippen molar-refractivity contribution in [3.05, 3.63) is 11.4 Å². The lowest BCUT2D eigenvalue weighted by atomic mass is 9.69. The molecule has 0 aromatic carbocycles. The standard InChI is InChI=1S/C17H32B2O4/c1-10-11-13(19-22-16(6,7)17(8,9)23-19)12-18-20-14(2,3)15(4,5)21-18/h12H,10-11H2,1-9H3/b13-12-. The predicted octanol–water partition coefficient (Wildman–Crippen LogP) is 3.98.